The molecule has 0 aliphatic carbocycles. The van der Waals surface area contributed by atoms with Crippen molar-refractivity contribution in [2.75, 3.05) is 14.2 Å². The third kappa shape index (κ3) is 3.03. The van der Waals surface area contributed by atoms with Crippen molar-refractivity contribution < 1.29 is 18.3 Å². The second kappa shape index (κ2) is 6.01. The molecule has 3 N–H and O–H groups in total. The van der Waals surface area contributed by atoms with E-state index in [4.69, 9.17) is 26.9 Å². The van der Waals surface area contributed by atoms with Crippen LogP contribution in [0.15, 0.2) is 16.6 Å². The number of methoxy groups -OCH3 is 2. The molecule has 1 unspecified atom stereocenters. The molecule has 0 aromatic heterocycles. The van der Waals surface area contributed by atoms with Gasteiger partial charge in [0, 0.05) is 5.56 Å². The van der Waals surface area contributed by atoms with Crippen molar-refractivity contribution in [3.05, 3.63) is 22.2 Å². The van der Waals surface area contributed by atoms with Crippen molar-refractivity contribution in [1.82, 2.24) is 5.43 Å². The molecule has 0 spiro atoms. The summed E-state index contributed by atoms with van der Waals surface area (Å²) in [4.78, 5) is 0. The Labute approximate surface area is 116 Å². The van der Waals surface area contributed by atoms with Crippen LogP contribution < -0.4 is 20.7 Å². The minimum Gasteiger partial charge on any atom is -0.495 e. The van der Waals surface area contributed by atoms with E-state index in [0.29, 0.717) is 10.2 Å². The monoisotopic (exact) mass is 344 g/mol. The molecule has 0 aliphatic heterocycles. The van der Waals surface area contributed by atoms with Gasteiger partial charge in [0.15, 0.2) is 0 Å². The van der Waals surface area contributed by atoms with E-state index in [0.717, 1.165) is 0 Å². The SMILES string of the molecule is COc1ccc(C(NN)C(F)(F)Cl)c(OC)c1Br. The average molecular weight is 346 g/mol. The summed E-state index contributed by atoms with van der Waals surface area (Å²) in [6, 6.07) is 1.33. The summed E-state index contributed by atoms with van der Waals surface area (Å²) in [7, 11) is 2.80. The molecule has 1 aromatic carbocycles. The molecule has 102 valence electrons. The van der Waals surface area contributed by atoms with Gasteiger partial charge in [-0.05, 0) is 39.7 Å². The number of halogens is 4. The van der Waals surface area contributed by atoms with Crippen LogP contribution in [0.5, 0.6) is 11.5 Å². The predicted molar refractivity (Wildman–Crippen MR) is 68.1 cm³/mol. The normalized spacial score (nSPS) is 13.3. The fourth-order valence-electron chi connectivity index (χ4n) is 1.51. The van der Waals surface area contributed by atoms with Crippen LogP contribution in [0.2, 0.25) is 0 Å². The fourth-order valence-corrected chi connectivity index (χ4v) is 2.37. The third-order valence-electron chi connectivity index (χ3n) is 2.32. The average Bonchev–Trinajstić information content (AvgIpc) is 2.28. The first-order valence-electron chi connectivity index (χ1n) is 4.80. The van der Waals surface area contributed by atoms with Gasteiger partial charge in [-0.25, -0.2) is 5.43 Å². The predicted octanol–water partition coefficient (Wildman–Crippen LogP) is 2.80. The van der Waals surface area contributed by atoms with Gasteiger partial charge in [-0.1, -0.05) is 0 Å². The van der Waals surface area contributed by atoms with Gasteiger partial charge in [-0.15, -0.1) is 0 Å². The Morgan fingerprint density at radius 1 is 1.39 bits per heavy atom. The number of nitrogens with two attached hydrogens (primary N) is 1. The van der Waals surface area contributed by atoms with Crippen LogP contribution in [0.3, 0.4) is 0 Å². The highest BCUT2D eigenvalue weighted by Crippen LogP contribution is 2.44. The standard InChI is InChI=1S/C10H12BrClF2N2O2/c1-17-6-4-3-5(8(18-2)7(6)11)9(16-15)10(12,13)14/h3-4,9,16H,15H2,1-2H3. The Bertz CT molecular complexity index is 429. The summed E-state index contributed by atoms with van der Waals surface area (Å²) in [5.74, 6) is 5.75. The van der Waals surface area contributed by atoms with E-state index < -0.39 is 11.4 Å². The van der Waals surface area contributed by atoms with E-state index >= 15 is 0 Å². The molecule has 18 heavy (non-hydrogen) atoms. The molecule has 4 nitrogen and oxygen atoms in total. The first-order valence-corrected chi connectivity index (χ1v) is 5.97. The van der Waals surface area contributed by atoms with Gasteiger partial charge < -0.3 is 9.47 Å². The zero-order valence-corrected chi connectivity index (χ0v) is 12.0. The number of hydrazine groups is 1. The molecular weight excluding hydrogens is 333 g/mol. The molecule has 1 aromatic rings. The molecule has 0 bridgehead atoms. The number of hydrogen-bond donors (Lipinski definition) is 2. The molecule has 0 heterocycles. The molecule has 1 rings (SSSR count). The van der Waals surface area contributed by atoms with Gasteiger partial charge in [0.25, 0.3) is 0 Å². The quantitative estimate of drug-likeness (QED) is 0.489. The number of hydrogen-bond acceptors (Lipinski definition) is 4. The maximum Gasteiger partial charge on any atom is 0.342 e. The summed E-state index contributed by atoms with van der Waals surface area (Å²) in [5, 5.41) is -3.56. The van der Waals surface area contributed by atoms with Crippen LogP contribution in [0, 0.1) is 0 Å². The zero-order valence-electron chi connectivity index (χ0n) is 9.64. The highest BCUT2D eigenvalue weighted by molar-refractivity contribution is 9.10. The van der Waals surface area contributed by atoms with Crippen molar-refractivity contribution in [2.24, 2.45) is 5.84 Å². The summed E-state index contributed by atoms with van der Waals surface area (Å²) < 4.78 is 37.0. The molecular formula is C10H12BrClF2N2O2. The van der Waals surface area contributed by atoms with Crippen LogP contribution >= 0.6 is 27.5 Å². The second-order valence-electron chi connectivity index (χ2n) is 3.35. The fraction of sp³-hybridized carbons (Fsp3) is 0.400. The van der Waals surface area contributed by atoms with Gasteiger partial charge in [-0.3, -0.25) is 5.84 Å². The van der Waals surface area contributed by atoms with E-state index in [1.54, 1.807) is 0 Å². The van der Waals surface area contributed by atoms with E-state index in [2.05, 4.69) is 15.9 Å². The zero-order chi connectivity index (χ0) is 13.9. The van der Waals surface area contributed by atoms with E-state index in [-0.39, 0.29) is 11.3 Å². The number of nitrogens with one attached hydrogen (secondary N) is 1. The van der Waals surface area contributed by atoms with Gasteiger partial charge in [-0.2, -0.15) is 8.78 Å². The Hall–Kier alpha value is -0.630. The molecule has 0 radical (unpaired) electrons. The highest BCUT2D eigenvalue weighted by Gasteiger charge is 2.40. The molecule has 0 aliphatic rings. The van der Waals surface area contributed by atoms with Crippen LogP contribution in [-0.2, 0) is 0 Å². The second-order valence-corrected chi connectivity index (χ2v) is 4.64. The van der Waals surface area contributed by atoms with Crippen LogP contribution in [0.1, 0.15) is 11.6 Å². The highest BCUT2D eigenvalue weighted by atomic mass is 79.9. The Morgan fingerprint density at radius 2 is 2.00 bits per heavy atom. The summed E-state index contributed by atoms with van der Waals surface area (Å²) >= 11 is 8.22. The van der Waals surface area contributed by atoms with Crippen LogP contribution in [0.25, 0.3) is 0 Å². The summed E-state index contributed by atoms with van der Waals surface area (Å²) in [5.41, 5.74) is 2.09. The maximum atomic E-state index is 13.2. The van der Waals surface area contributed by atoms with E-state index in [1.165, 1.54) is 26.4 Å². The smallest absolute Gasteiger partial charge is 0.342 e. The number of ether oxygens (including phenoxy) is 2. The minimum absolute atomic E-state index is 0.118. The lowest BCUT2D eigenvalue weighted by molar-refractivity contribution is 0.0487. The van der Waals surface area contributed by atoms with Crippen LogP contribution in [-0.4, -0.2) is 19.6 Å². The Kier molecular flexibility index (Phi) is 5.15. The third-order valence-corrected chi connectivity index (χ3v) is 3.29. The van der Waals surface area contributed by atoms with E-state index in [9.17, 15) is 8.78 Å². The summed E-state index contributed by atoms with van der Waals surface area (Å²) in [6.45, 7) is 0. The molecule has 0 fully saturated rings. The van der Waals surface area contributed by atoms with Crippen molar-refractivity contribution in [3.8, 4) is 11.5 Å². The van der Waals surface area contributed by atoms with E-state index in [1.807, 2.05) is 5.43 Å². The van der Waals surface area contributed by atoms with Gasteiger partial charge in [0.2, 0.25) is 0 Å². The van der Waals surface area contributed by atoms with Gasteiger partial charge in [0.05, 0.1) is 14.2 Å². The lowest BCUT2D eigenvalue weighted by atomic mass is 10.1. The maximum absolute atomic E-state index is 13.2. The molecule has 8 heteroatoms. The van der Waals surface area contributed by atoms with Gasteiger partial charge >= 0.3 is 5.38 Å². The van der Waals surface area contributed by atoms with Crippen molar-refractivity contribution >= 4 is 27.5 Å². The lowest BCUT2D eigenvalue weighted by Gasteiger charge is -2.24. The number of rotatable bonds is 5. The first-order chi connectivity index (χ1) is 8.36. The minimum atomic E-state index is -3.56. The van der Waals surface area contributed by atoms with Crippen molar-refractivity contribution in [2.45, 2.75) is 11.4 Å². The Balaban J connectivity index is 3.36. The van der Waals surface area contributed by atoms with Crippen LogP contribution in [0.4, 0.5) is 8.78 Å². The molecule has 0 saturated heterocycles. The van der Waals surface area contributed by atoms with Crippen molar-refractivity contribution in [3.63, 3.8) is 0 Å². The van der Waals surface area contributed by atoms with Gasteiger partial charge in [0.1, 0.15) is 22.0 Å². The molecule has 1 atom stereocenters. The number of alkyl halides is 3. The first kappa shape index (κ1) is 15.4. The summed E-state index contributed by atoms with van der Waals surface area (Å²) in [6.07, 6.45) is 0. The lowest BCUT2D eigenvalue weighted by Crippen LogP contribution is -2.38. The Morgan fingerprint density at radius 3 is 2.39 bits per heavy atom. The number of benzene rings is 1. The van der Waals surface area contributed by atoms with Crippen molar-refractivity contribution in [1.29, 1.82) is 0 Å². The molecule has 0 amide bonds. The largest absolute Gasteiger partial charge is 0.495 e. The molecule has 0 saturated carbocycles. The topological polar surface area (TPSA) is 56.5 Å².